The summed E-state index contributed by atoms with van der Waals surface area (Å²) in [7, 11) is 1.30. The number of ether oxygens (including phenoxy) is 1. The van der Waals surface area contributed by atoms with E-state index in [1.807, 2.05) is 31.2 Å². The van der Waals surface area contributed by atoms with E-state index >= 15 is 0 Å². The maximum atomic E-state index is 12.6. The third-order valence-corrected chi connectivity index (χ3v) is 3.51. The number of nitrogens with zero attached hydrogens (tertiary/aromatic N) is 1. The highest BCUT2D eigenvalue weighted by molar-refractivity contribution is 5.94. The monoisotopic (exact) mass is 301 g/mol. The lowest BCUT2D eigenvalue weighted by Crippen LogP contribution is -2.36. The molecule has 0 fully saturated rings. The van der Waals surface area contributed by atoms with Gasteiger partial charge in [-0.1, -0.05) is 24.3 Å². The lowest BCUT2D eigenvalue weighted by atomic mass is 10.1. The van der Waals surface area contributed by atoms with Gasteiger partial charge in [-0.2, -0.15) is 0 Å². The van der Waals surface area contributed by atoms with Crippen LogP contribution in [0.15, 0.2) is 41.0 Å². The van der Waals surface area contributed by atoms with Crippen molar-refractivity contribution < 1.29 is 18.7 Å². The SMILES string of the molecule is COC(=O)CN(Cc1ccccc1C)C(=O)c1occc1C. The number of hydrogen-bond acceptors (Lipinski definition) is 4. The van der Waals surface area contributed by atoms with Crippen molar-refractivity contribution in [3.8, 4) is 0 Å². The average molecular weight is 301 g/mol. The number of furan rings is 1. The number of methoxy groups -OCH3 is 1. The molecule has 0 saturated heterocycles. The second-order valence-corrected chi connectivity index (χ2v) is 5.10. The molecule has 5 heteroatoms. The van der Waals surface area contributed by atoms with Gasteiger partial charge in [-0.15, -0.1) is 0 Å². The van der Waals surface area contributed by atoms with Crippen LogP contribution >= 0.6 is 0 Å². The van der Waals surface area contributed by atoms with Crippen molar-refractivity contribution in [3.63, 3.8) is 0 Å². The molecule has 0 aliphatic rings. The molecule has 0 unspecified atom stereocenters. The molecule has 1 heterocycles. The van der Waals surface area contributed by atoms with Crippen LogP contribution in [0.4, 0.5) is 0 Å². The predicted molar refractivity (Wildman–Crippen MR) is 81.4 cm³/mol. The van der Waals surface area contributed by atoms with Crippen LogP contribution in [0.1, 0.15) is 27.2 Å². The first-order valence-electron chi connectivity index (χ1n) is 6.97. The van der Waals surface area contributed by atoms with Gasteiger partial charge in [0.05, 0.1) is 13.4 Å². The molecule has 0 aliphatic heterocycles. The molecule has 0 radical (unpaired) electrons. The van der Waals surface area contributed by atoms with Gasteiger partial charge in [0.1, 0.15) is 6.54 Å². The average Bonchev–Trinajstić information content (AvgIpc) is 2.94. The molecular weight excluding hydrogens is 282 g/mol. The summed E-state index contributed by atoms with van der Waals surface area (Å²) in [5.74, 6) is -0.542. The molecule has 0 atom stereocenters. The molecule has 0 bridgehead atoms. The fraction of sp³-hybridized carbons (Fsp3) is 0.294. The lowest BCUT2D eigenvalue weighted by molar-refractivity contribution is -0.141. The van der Waals surface area contributed by atoms with E-state index in [4.69, 9.17) is 4.42 Å². The van der Waals surface area contributed by atoms with Gasteiger partial charge in [0.15, 0.2) is 5.76 Å². The highest BCUT2D eigenvalue weighted by Gasteiger charge is 2.23. The smallest absolute Gasteiger partial charge is 0.325 e. The lowest BCUT2D eigenvalue weighted by Gasteiger charge is -2.21. The molecular formula is C17H19NO4. The standard InChI is InChI=1S/C17H19NO4/c1-12-6-4-5-7-14(12)10-18(11-15(19)21-3)17(20)16-13(2)8-9-22-16/h4-9H,10-11H2,1-3H3. The molecule has 2 aromatic rings. The molecule has 22 heavy (non-hydrogen) atoms. The highest BCUT2D eigenvalue weighted by atomic mass is 16.5. The van der Waals surface area contributed by atoms with E-state index in [1.165, 1.54) is 18.3 Å². The first-order valence-corrected chi connectivity index (χ1v) is 6.97. The molecule has 1 aromatic carbocycles. The minimum Gasteiger partial charge on any atom is -0.468 e. The maximum Gasteiger partial charge on any atom is 0.325 e. The van der Waals surface area contributed by atoms with Gasteiger partial charge >= 0.3 is 5.97 Å². The Kier molecular flexibility index (Phi) is 4.99. The second kappa shape index (κ2) is 6.93. The molecule has 1 amide bonds. The van der Waals surface area contributed by atoms with Crippen molar-refractivity contribution in [1.82, 2.24) is 4.90 Å². The number of rotatable bonds is 5. The number of amides is 1. The van der Waals surface area contributed by atoms with Crippen LogP contribution in [0.2, 0.25) is 0 Å². The van der Waals surface area contributed by atoms with Gasteiger partial charge in [-0.05, 0) is 31.0 Å². The van der Waals surface area contributed by atoms with E-state index in [-0.39, 0.29) is 18.2 Å². The second-order valence-electron chi connectivity index (χ2n) is 5.10. The zero-order valence-electron chi connectivity index (χ0n) is 13.0. The third kappa shape index (κ3) is 3.55. The van der Waals surface area contributed by atoms with Gasteiger partial charge in [0.25, 0.3) is 5.91 Å². The first kappa shape index (κ1) is 15.8. The van der Waals surface area contributed by atoms with Crippen LogP contribution in [-0.2, 0) is 16.1 Å². The topological polar surface area (TPSA) is 59.8 Å². The van der Waals surface area contributed by atoms with Crippen molar-refractivity contribution >= 4 is 11.9 Å². The summed E-state index contributed by atoms with van der Waals surface area (Å²) < 4.78 is 9.93. The summed E-state index contributed by atoms with van der Waals surface area (Å²) in [5, 5.41) is 0. The van der Waals surface area contributed by atoms with Crippen LogP contribution in [-0.4, -0.2) is 30.4 Å². The number of benzene rings is 1. The van der Waals surface area contributed by atoms with Gasteiger partial charge in [0, 0.05) is 12.1 Å². The van der Waals surface area contributed by atoms with Gasteiger partial charge in [0.2, 0.25) is 0 Å². The molecule has 1 aromatic heterocycles. The number of carbonyl (C=O) groups excluding carboxylic acids is 2. The van der Waals surface area contributed by atoms with Gasteiger partial charge < -0.3 is 14.1 Å². The molecule has 0 saturated carbocycles. The quantitative estimate of drug-likeness (QED) is 0.797. The van der Waals surface area contributed by atoms with Crippen molar-refractivity contribution in [2.24, 2.45) is 0 Å². The number of hydrogen-bond donors (Lipinski definition) is 0. The van der Waals surface area contributed by atoms with Crippen LogP contribution in [0.3, 0.4) is 0 Å². The van der Waals surface area contributed by atoms with Gasteiger partial charge in [-0.3, -0.25) is 9.59 Å². The fourth-order valence-corrected chi connectivity index (χ4v) is 2.15. The Labute approximate surface area is 129 Å². The van der Waals surface area contributed by atoms with E-state index in [2.05, 4.69) is 4.74 Å². The van der Waals surface area contributed by atoms with Crippen LogP contribution in [0.5, 0.6) is 0 Å². The molecule has 0 spiro atoms. The Morgan fingerprint density at radius 1 is 1.14 bits per heavy atom. The van der Waals surface area contributed by atoms with Crippen LogP contribution in [0, 0.1) is 13.8 Å². The van der Waals surface area contributed by atoms with E-state index in [1.54, 1.807) is 13.0 Å². The molecule has 0 aliphatic carbocycles. The van der Waals surface area contributed by atoms with Crippen LogP contribution in [0.25, 0.3) is 0 Å². The van der Waals surface area contributed by atoms with Crippen molar-refractivity contribution in [2.45, 2.75) is 20.4 Å². The summed E-state index contributed by atoms with van der Waals surface area (Å²) in [5.41, 5.74) is 2.77. The first-order chi connectivity index (χ1) is 10.5. The zero-order valence-corrected chi connectivity index (χ0v) is 13.0. The molecule has 116 valence electrons. The summed E-state index contributed by atoms with van der Waals surface area (Å²) in [6.45, 7) is 3.96. The van der Waals surface area contributed by atoms with Gasteiger partial charge in [-0.25, -0.2) is 0 Å². The molecule has 2 rings (SSSR count). The highest BCUT2D eigenvalue weighted by Crippen LogP contribution is 2.16. The van der Waals surface area contributed by atoms with E-state index in [9.17, 15) is 9.59 Å². The number of carbonyl (C=O) groups is 2. The van der Waals surface area contributed by atoms with Crippen LogP contribution < -0.4 is 0 Å². The minimum absolute atomic E-state index is 0.121. The van der Waals surface area contributed by atoms with E-state index in [0.717, 1.165) is 16.7 Å². The molecule has 5 nitrogen and oxygen atoms in total. The van der Waals surface area contributed by atoms with E-state index in [0.29, 0.717) is 6.54 Å². The van der Waals surface area contributed by atoms with Crippen molar-refractivity contribution in [2.75, 3.05) is 13.7 Å². The van der Waals surface area contributed by atoms with E-state index < -0.39 is 5.97 Å². The summed E-state index contributed by atoms with van der Waals surface area (Å²) >= 11 is 0. The Balaban J connectivity index is 2.27. The minimum atomic E-state index is -0.467. The van der Waals surface area contributed by atoms with Crippen molar-refractivity contribution in [1.29, 1.82) is 0 Å². The predicted octanol–water partition coefficient (Wildman–Crippen LogP) is 2.71. The summed E-state index contributed by atoms with van der Waals surface area (Å²) in [6.07, 6.45) is 1.46. The maximum absolute atomic E-state index is 12.6. The fourth-order valence-electron chi connectivity index (χ4n) is 2.15. The Bertz CT molecular complexity index is 675. The Morgan fingerprint density at radius 3 is 2.45 bits per heavy atom. The normalized spacial score (nSPS) is 10.3. The third-order valence-electron chi connectivity index (χ3n) is 3.51. The Hall–Kier alpha value is -2.56. The zero-order chi connectivity index (χ0) is 16.1. The summed E-state index contributed by atoms with van der Waals surface area (Å²) in [4.78, 5) is 25.7. The summed E-state index contributed by atoms with van der Waals surface area (Å²) in [6, 6.07) is 9.46. The number of esters is 1. The molecule has 0 N–H and O–H groups in total. The van der Waals surface area contributed by atoms with Crippen molar-refractivity contribution in [3.05, 3.63) is 59.0 Å². The number of aryl methyl sites for hydroxylation is 2. The largest absolute Gasteiger partial charge is 0.468 e. The Morgan fingerprint density at radius 2 is 1.86 bits per heavy atom.